The van der Waals surface area contributed by atoms with Gasteiger partial charge in [0.05, 0.1) is 0 Å². The number of aromatic nitrogens is 2. The van der Waals surface area contributed by atoms with E-state index in [0.29, 0.717) is 13.1 Å². The van der Waals surface area contributed by atoms with Crippen molar-refractivity contribution in [1.82, 2.24) is 15.3 Å². The standard InChI is InChI=1S/C10H14F3N5/c1-15-6-2-3-18(5-6)8-4-7(10(11,12)13)16-9(14)17-8/h4,6,15H,2-3,5H2,1H3,(H2,14,16,17). The normalized spacial score (nSPS) is 20.4. The highest BCUT2D eigenvalue weighted by molar-refractivity contribution is 5.45. The Bertz CT molecular complexity index is 434. The number of nitrogens with one attached hydrogen (secondary N) is 1. The van der Waals surface area contributed by atoms with Gasteiger partial charge in [-0.25, -0.2) is 4.98 Å². The van der Waals surface area contributed by atoms with Crippen LogP contribution in [0.1, 0.15) is 12.1 Å². The summed E-state index contributed by atoms with van der Waals surface area (Å²) in [6, 6.07) is 1.20. The first-order valence-corrected chi connectivity index (χ1v) is 5.54. The van der Waals surface area contributed by atoms with Crippen molar-refractivity contribution >= 4 is 11.8 Å². The SMILES string of the molecule is CNC1CCN(c2cc(C(F)(F)F)nc(N)n2)C1. The minimum atomic E-state index is -4.51. The number of anilines is 2. The van der Waals surface area contributed by atoms with Crippen LogP contribution >= 0.6 is 0 Å². The summed E-state index contributed by atoms with van der Waals surface area (Å²) in [6.45, 7) is 1.27. The van der Waals surface area contributed by atoms with Gasteiger partial charge in [0.2, 0.25) is 5.95 Å². The van der Waals surface area contributed by atoms with Crippen LogP contribution in [0.15, 0.2) is 6.07 Å². The lowest BCUT2D eigenvalue weighted by Gasteiger charge is -2.18. The first-order valence-electron chi connectivity index (χ1n) is 5.54. The van der Waals surface area contributed by atoms with Crippen LogP contribution < -0.4 is 16.0 Å². The van der Waals surface area contributed by atoms with Crippen molar-refractivity contribution in [3.05, 3.63) is 11.8 Å². The molecule has 3 N–H and O–H groups in total. The topological polar surface area (TPSA) is 67.1 Å². The predicted octanol–water partition coefficient (Wildman–Crippen LogP) is 0.876. The number of halogens is 3. The van der Waals surface area contributed by atoms with Gasteiger partial charge in [0.1, 0.15) is 5.82 Å². The third kappa shape index (κ3) is 2.63. The summed E-state index contributed by atoms with van der Waals surface area (Å²) in [4.78, 5) is 8.85. The molecule has 0 amide bonds. The first-order chi connectivity index (χ1) is 8.40. The number of alkyl halides is 3. The number of nitrogens with two attached hydrogens (primary N) is 1. The minimum Gasteiger partial charge on any atom is -0.368 e. The number of nitrogens with zero attached hydrogens (tertiary/aromatic N) is 3. The number of likely N-dealkylation sites (N-methyl/N-ethyl adjacent to an activating group) is 1. The zero-order valence-electron chi connectivity index (χ0n) is 9.83. The summed E-state index contributed by atoms with van der Waals surface area (Å²) in [5.41, 5.74) is 4.32. The van der Waals surface area contributed by atoms with E-state index in [2.05, 4.69) is 15.3 Å². The number of rotatable bonds is 2. The molecular formula is C10H14F3N5. The summed E-state index contributed by atoms with van der Waals surface area (Å²) in [5.74, 6) is -0.125. The molecule has 0 saturated carbocycles. The van der Waals surface area contributed by atoms with Crippen LogP contribution in [0.5, 0.6) is 0 Å². The van der Waals surface area contributed by atoms with Gasteiger partial charge < -0.3 is 16.0 Å². The Morgan fingerprint density at radius 1 is 1.44 bits per heavy atom. The van der Waals surface area contributed by atoms with Crippen molar-refractivity contribution in [2.45, 2.75) is 18.6 Å². The molecule has 1 aromatic rings. The van der Waals surface area contributed by atoms with Gasteiger partial charge in [-0.05, 0) is 13.5 Å². The molecule has 1 unspecified atom stereocenters. The summed E-state index contributed by atoms with van der Waals surface area (Å²) in [5, 5.41) is 3.08. The fraction of sp³-hybridized carbons (Fsp3) is 0.600. The van der Waals surface area contributed by atoms with Crippen molar-refractivity contribution in [2.24, 2.45) is 0 Å². The average Bonchev–Trinajstić information content (AvgIpc) is 2.75. The summed E-state index contributed by atoms with van der Waals surface area (Å²) < 4.78 is 37.8. The lowest BCUT2D eigenvalue weighted by Crippen LogP contribution is -2.30. The molecule has 0 aromatic carbocycles. The van der Waals surface area contributed by atoms with E-state index in [1.807, 2.05) is 7.05 Å². The maximum Gasteiger partial charge on any atom is 0.433 e. The fourth-order valence-electron chi connectivity index (χ4n) is 1.96. The molecule has 1 aliphatic rings. The number of nitrogen functional groups attached to an aromatic ring is 1. The molecule has 0 bridgehead atoms. The quantitative estimate of drug-likeness (QED) is 0.827. The van der Waals surface area contributed by atoms with E-state index in [0.717, 1.165) is 12.5 Å². The summed E-state index contributed by atoms with van der Waals surface area (Å²) in [6.07, 6.45) is -3.64. The highest BCUT2D eigenvalue weighted by Crippen LogP contribution is 2.30. The van der Waals surface area contributed by atoms with Crippen molar-refractivity contribution in [2.75, 3.05) is 30.8 Å². The molecule has 0 radical (unpaired) electrons. The Morgan fingerprint density at radius 2 is 2.17 bits per heavy atom. The van der Waals surface area contributed by atoms with Crippen LogP contribution in [0.25, 0.3) is 0 Å². The monoisotopic (exact) mass is 261 g/mol. The van der Waals surface area contributed by atoms with E-state index in [4.69, 9.17) is 5.73 Å². The lowest BCUT2D eigenvalue weighted by molar-refractivity contribution is -0.141. The zero-order chi connectivity index (χ0) is 13.3. The van der Waals surface area contributed by atoms with Gasteiger partial charge >= 0.3 is 6.18 Å². The Balaban J connectivity index is 2.26. The molecule has 1 atom stereocenters. The predicted molar refractivity (Wildman–Crippen MR) is 61.1 cm³/mol. The Morgan fingerprint density at radius 3 is 2.72 bits per heavy atom. The maximum absolute atomic E-state index is 12.6. The van der Waals surface area contributed by atoms with Crippen LogP contribution in [0.2, 0.25) is 0 Å². The van der Waals surface area contributed by atoms with Crippen LogP contribution in [0.4, 0.5) is 24.9 Å². The van der Waals surface area contributed by atoms with Gasteiger partial charge in [0.25, 0.3) is 0 Å². The van der Waals surface area contributed by atoms with Crippen molar-refractivity contribution in [3.63, 3.8) is 0 Å². The average molecular weight is 261 g/mol. The van der Waals surface area contributed by atoms with Crippen molar-refractivity contribution < 1.29 is 13.2 Å². The molecule has 1 fully saturated rings. The molecule has 8 heteroatoms. The molecular weight excluding hydrogens is 247 g/mol. The van der Waals surface area contributed by atoms with Gasteiger partial charge in [0, 0.05) is 25.2 Å². The molecule has 2 rings (SSSR count). The third-order valence-corrected chi connectivity index (χ3v) is 2.94. The van der Waals surface area contributed by atoms with Gasteiger partial charge in [-0.15, -0.1) is 0 Å². The molecule has 2 heterocycles. The summed E-state index contributed by atoms with van der Waals surface area (Å²) >= 11 is 0. The molecule has 0 aliphatic carbocycles. The van der Waals surface area contributed by atoms with E-state index in [9.17, 15) is 13.2 Å². The highest BCUT2D eigenvalue weighted by atomic mass is 19.4. The minimum absolute atomic E-state index is 0.229. The number of hydrogen-bond donors (Lipinski definition) is 2. The van der Waals surface area contributed by atoms with Crippen LogP contribution in [0.3, 0.4) is 0 Å². The van der Waals surface area contributed by atoms with Crippen LogP contribution in [-0.4, -0.2) is 36.1 Å². The van der Waals surface area contributed by atoms with E-state index >= 15 is 0 Å². The molecule has 0 spiro atoms. The van der Waals surface area contributed by atoms with E-state index in [1.54, 1.807) is 4.90 Å². The second kappa shape index (κ2) is 4.60. The zero-order valence-corrected chi connectivity index (χ0v) is 9.83. The second-order valence-corrected chi connectivity index (χ2v) is 4.19. The molecule has 1 aromatic heterocycles. The second-order valence-electron chi connectivity index (χ2n) is 4.19. The first kappa shape index (κ1) is 12.9. The molecule has 18 heavy (non-hydrogen) atoms. The molecule has 100 valence electrons. The molecule has 5 nitrogen and oxygen atoms in total. The maximum atomic E-state index is 12.6. The Kier molecular flexibility index (Phi) is 3.29. The third-order valence-electron chi connectivity index (χ3n) is 2.94. The fourth-order valence-corrected chi connectivity index (χ4v) is 1.96. The lowest BCUT2D eigenvalue weighted by atomic mass is 10.3. The largest absolute Gasteiger partial charge is 0.433 e. The van der Waals surface area contributed by atoms with Gasteiger partial charge in [-0.3, -0.25) is 0 Å². The molecule has 1 aliphatic heterocycles. The van der Waals surface area contributed by atoms with E-state index in [-0.39, 0.29) is 17.8 Å². The van der Waals surface area contributed by atoms with E-state index in [1.165, 1.54) is 0 Å². The Hall–Kier alpha value is -1.57. The summed E-state index contributed by atoms with van der Waals surface area (Å²) in [7, 11) is 1.82. The highest BCUT2D eigenvalue weighted by Gasteiger charge is 2.34. The number of hydrogen-bond acceptors (Lipinski definition) is 5. The van der Waals surface area contributed by atoms with Gasteiger partial charge in [0.15, 0.2) is 5.69 Å². The van der Waals surface area contributed by atoms with Crippen molar-refractivity contribution in [3.8, 4) is 0 Å². The van der Waals surface area contributed by atoms with E-state index < -0.39 is 11.9 Å². The Labute approximate surface area is 102 Å². The van der Waals surface area contributed by atoms with Crippen LogP contribution in [0, 0.1) is 0 Å². The smallest absolute Gasteiger partial charge is 0.368 e. The van der Waals surface area contributed by atoms with Gasteiger partial charge in [-0.1, -0.05) is 0 Å². The van der Waals surface area contributed by atoms with Crippen LogP contribution in [-0.2, 0) is 6.18 Å². The molecule has 1 saturated heterocycles. The van der Waals surface area contributed by atoms with Crippen molar-refractivity contribution in [1.29, 1.82) is 0 Å². The van der Waals surface area contributed by atoms with Gasteiger partial charge in [-0.2, -0.15) is 18.2 Å².